The van der Waals surface area contributed by atoms with Gasteiger partial charge >= 0.3 is 0 Å². The number of oxime groups is 1. The smallest absolute Gasteiger partial charge is 0.142 e. The van der Waals surface area contributed by atoms with E-state index < -0.39 is 0 Å². The molecule has 0 atom stereocenters. The van der Waals surface area contributed by atoms with E-state index in [0.29, 0.717) is 6.61 Å². The maximum absolute atomic E-state index is 5.97. The normalized spacial score (nSPS) is 16.9. The molecule has 0 saturated carbocycles. The Labute approximate surface area is 174 Å². The van der Waals surface area contributed by atoms with Gasteiger partial charge in [0.05, 0.1) is 5.71 Å². The van der Waals surface area contributed by atoms with Crippen LogP contribution in [0.4, 0.5) is 0 Å². The third kappa shape index (κ3) is 4.12. The number of fused-ring (bicyclic) bond motifs is 1. The summed E-state index contributed by atoms with van der Waals surface area (Å²) >= 11 is 0. The van der Waals surface area contributed by atoms with E-state index in [0.717, 1.165) is 18.6 Å². The van der Waals surface area contributed by atoms with Crippen LogP contribution in [0.5, 0.6) is 0 Å². The lowest BCUT2D eigenvalue weighted by Crippen LogP contribution is -2.24. The molecule has 0 fully saturated rings. The van der Waals surface area contributed by atoms with Crippen LogP contribution in [0.15, 0.2) is 78.0 Å². The first-order valence-corrected chi connectivity index (χ1v) is 10.5. The van der Waals surface area contributed by atoms with Crippen LogP contribution in [0.3, 0.4) is 0 Å². The lowest BCUT2D eigenvalue weighted by atomic mass is 9.81. The van der Waals surface area contributed by atoms with Crippen molar-refractivity contribution in [3.05, 3.63) is 95.1 Å². The molecule has 3 aromatic rings. The minimum Gasteiger partial charge on any atom is -0.391 e. The summed E-state index contributed by atoms with van der Waals surface area (Å²) in [5, 5.41) is 4.69. The second kappa shape index (κ2) is 8.24. The Balaban J connectivity index is 1.60. The van der Waals surface area contributed by atoms with Crippen LogP contribution in [0, 0.1) is 12.3 Å². The molecule has 0 N–H and O–H groups in total. The quantitative estimate of drug-likeness (QED) is 0.353. The molecule has 0 saturated heterocycles. The highest BCUT2D eigenvalue weighted by atomic mass is 16.6. The largest absolute Gasteiger partial charge is 0.391 e. The molecule has 29 heavy (non-hydrogen) atoms. The zero-order valence-electron chi connectivity index (χ0n) is 17.6. The zero-order valence-corrected chi connectivity index (χ0v) is 17.6. The van der Waals surface area contributed by atoms with Crippen molar-refractivity contribution in [2.24, 2.45) is 10.6 Å². The summed E-state index contributed by atoms with van der Waals surface area (Å²) < 4.78 is 0. The van der Waals surface area contributed by atoms with Crippen molar-refractivity contribution in [2.75, 3.05) is 0 Å². The Morgan fingerprint density at radius 1 is 0.862 bits per heavy atom. The van der Waals surface area contributed by atoms with Crippen molar-refractivity contribution < 1.29 is 4.84 Å². The standard InChI is InChI=1S/C27H29NO/c1-20-23(14-9-17-24(20)21-11-5-4-6-12-21)19-29-28-26-25-16-8-7-13-22(25)15-10-18-27(26,2)3/h4-9,11-14,16-17H,10,15,18-19H2,1-3H3/b28-26-. The van der Waals surface area contributed by atoms with Gasteiger partial charge < -0.3 is 4.84 Å². The van der Waals surface area contributed by atoms with Crippen LogP contribution < -0.4 is 0 Å². The van der Waals surface area contributed by atoms with Gasteiger partial charge in [0, 0.05) is 11.0 Å². The van der Waals surface area contributed by atoms with E-state index in [2.05, 4.69) is 87.5 Å². The van der Waals surface area contributed by atoms with Gasteiger partial charge in [-0.3, -0.25) is 0 Å². The molecule has 0 spiro atoms. The number of rotatable bonds is 4. The molecule has 1 aliphatic rings. The lowest BCUT2D eigenvalue weighted by molar-refractivity contribution is 0.127. The molecule has 1 aliphatic carbocycles. The van der Waals surface area contributed by atoms with E-state index in [-0.39, 0.29) is 5.41 Å². The van der Waals surface area contributed by atoms with E-state index in [4.69, 9.17) is 9.99 Å². The summed E-state index contributed by atoms with van der Waals surface area (Å²) in [4.78, 5) is 5.97. The number of benzene rings is 3. The minimum absolute atomic E-state index is 0.00747. The molecular formula is C27H29NO. The van der Waals surface area contributed by atoms with E-state index in [1.165, 1.54) is 39.8 Å². The maximum atomic E-state index is 5.97. The van der Waals surface area contributed by atoms with Gasteiger partial charge in [0.1, 0.15) is 6.61 Å². The average molecular weight is 384 g/mol. The van der Waals surface area contributed by atoms with Gasteiger partial charge in [-0.25, -0.2) is 0 Å². The molecule has 0 aliphatic heterocycles. The van der Waals surface area contributed by atoms with Crippen LogP contribution in [-0.2, 0) is 17.9 Å². The summed E-state index contributed by atoms with van der Waals surface area (Å²) in [6, 6.07) is 25.5. The second-order valence-electron chi connectivity index (χ2n) is 8.56. The zero-order chi connectivity index (χ0) is 20.3. The van der Waals surface area contributed by atoms with Gasteiger partial charge in [-0.1, -0.05) is 91.8 Å². The Morgan fingerprint density at radius 3 is 2.41 bits per heavy atom. The van der Waals surface area contributed by atoms with Crippen LogP contribution in [0.2, 0.25) is 0 Å². The van der Waals surface area contributed by atoms with Crippen molar-refractivity contribution in [3.63, 3.8) is 0 Å². The van der Waals surface area contributed by atoms with Crippen molar-refractivity contribution in [1.29, 1.82) is 0 Å². The van der Waals surface area contributed by atoms with Crippen LogP contribution in [0.1, 0.15) is 48.9 Å². The van der Waals surface area contributed by atoms with Crippen LogP contribution in [0.25, 0.3) is 11.1 Å². The number of nitrogens with zero attached hydrogens (tertiary/aromatic N) is 1. The fourth-order valence-corrected chi connectivity index (χ4v) is 4.28. The van der Waals surface area contributed by atoms with Gasteiger partial charge in [0.15, 0.2) is 0 Å². The first-order valence-electron chi connectivity index (χ1n) is 10.5. The predicted octanol–water partition coefficient (Wildman–Crippen LogP) is 6.95. The van der Waals surface area contributed by atoms with Gasteiger partial charge in [0.25, 0.3) is 0 Å². The highest BCUT2D eigenvalue weighted by Gasteiger charge is 2.31. The molecule has 0 bridgehead atoms. The molecule has 0 unspecified atom stereocenters. The van der Waals surface area contributed by atoms with E-state index in [1.54, 1.807) is 0 Å². The molecule has 0 heterocycles. The Hall–Kier alpha value is -2.87. The SMILES string of the molecule is Cc1c(CO/N=C2/c3ccccc3CCCC2(C)C)cccc1-c1ccccc1. The first kappa shape index (κ1) is 19.4. The number of aryl methyl sites for hydroxylation is 1. The van der Waals surface area contributed by atoms with Crippen LogP contribution >= 0.6 is 0 Å². The Morgan fingerprint density at radius 2 is 1.59 bits per heavy atom. The summed E-state index contributed by atoms with van der Waals surface area (Å²) in [6.45, 7) is 7.20. The molecule has 0 aromatic heterocycles. The van der Waals surface area contributed by atoms with Crippen molar-refractivity contribution in [1.82, 2.24) is 0 Å². The van der Waals surface area contributed by atoms with Gasteiger partial charge in [0.2, 0.25) is 0 Å². The second-order valence-corrected chi connectivity index (χ2v) is 8.56. The molecule has 2 nitrogen and oxygen atoms in total. The Bertz CT molecular complexity index is 1020. The molecule has 3 aromatic carbocycles. The predicted molar refractivity (Wildman–Crippen MR) is 121 cm³/mol. The minimum atomic E-state index is 0.00747. The third-order valence-electron chi connectivity index (χ3n) is 6.07. The monoisotopic (exact) mass is 383 g/mol. The maximum Gasteiger partial charge on any atom is 0.142 e. The van der Waals surface area contributed by atoms with E-state index in [1.807, 2.05) is 6.07 Å². The van der Waals surface area contributed by atoms with Crippen molar-refractivity contribution >= 4 is 5.71 Å². The highest BCUT2D eigenvalue weighted by Crippen LogP contribution is 2.34. The number of hydrogen-bond acceptors (Lipinski definition) is 2. The molecule has 2 heteroatoms. The molecular weight excluding hydrogens is 354 g/mol. The summed E-state index contributed by atoms with van der Waals surface area (Å²) in [5.74, 6) is 0. The van der Waals surface area contributed by atoms with Gasteiger partial charge in [-0.05, 0) is 54.0 Å². The van der Waals surface area contributed by atoms with E-state index >= 15 is 0 Å². The van der Waals surface area contributed by atoms with Gasteiger partial charge in [-0.15, -0.1) is 0 Å². The molecule has 148 valence electrons. The third-order valence-corrected chi connectivity index (χ3v) is 6.07. The van der Waals surface area contributed by atoms with Crippen molar-refractivity contribution in [3.8, 4) is 11.1 Å². The number of hydrogen-bond donors (Lipinski definition) is 0. The van der Waals surface area contributed by atoms with Crippen LogP contribution in [-0.4, -0.2) is 5.71 Å². The molecule has 0 amide bonds. The fraction of sp³-hybridized carbons (Fsp3) is 0.296. The molecule has 4 rings (SSSR count). The first-order chi connectivity index (χ1) is 14.1. The fourth-order valence-electron chi connectivity index (χ4n) is 4.28. The average Bonchev–Trinajstić information content (AvgIpc) is 2.85. The van der Waals surface area contributed by atoms with Crippen molar-refractivity contribution in [2.45, 2.75) is 46.6 Å². The summed E-state index contributed by atoms with van der Waals surface area (Å²) in [5.41, 5.74) is 8.61. The van der Waals surface area contributed by atoms with E-state index in [9.17, 15) is 0 Å². The Kier molecular flexibility index (Phi) is 5.53. The summed E-state index contributed by atoms with van der Waals surface area (Å²) in [7, 11) is 0. The van der Waals surface area contributed by atoms with Gasteiger partial charge in [-0.2, -0.15) is 0 Å². The highest BCUT2D eigenvalue weighted by molar-refractivity contribution is 6.05. The topological polar surface area (TPSA) is 21.6 Å². The lowest BCUT2D eigenvalue weighted by Gasteiger charge is -2.24. The molecule has 0 radical (unpaired) electrons. The summed E-state index contributed by atoms with van der Waals surface area (Å²) in [6.07, 6.45) is 3.41.